The fraction of sp³-hybridized carbons (Fsp3) is 0.412. The first kappa shape index (κ1) is 19.0. The minimum Gasteiger partial charge on any atom is -0.507 e. The van der Waals surface area contributed by atoms with E-state index >= 15 is 0 Å². The first-order valence-electron chi connectivity index (χ1n) is 7.76. The molecule has 0 aliphatic rings. The van der Waals surface area contributed by atoms with Gasteiger partial charge in [-0.05, 0) is 42.7 Å². The molecule has 3 N–H and O–H groups in total. The maximum absolute atomic E-state index is 12.8. The van der Waals surface area contributed by atoms with E-state index in [1.165, 1.54) is 6.92 Å². The molecule has 0 spiro atoms. The van der Waals surface area contributed by atoms with Gasteiger partial charge in [0.15, 0.2) is 0 Å². The summed E-state index contributed by atoms with van der Waals surface area (Å²) in [4.78, 5) is 0. The molecule has 1 aromatic heterocycles. The van der Waals surface area contributed by atoms with Crippen LogP contribution in [0.15, 0.2) is 24.3 Å². The molecular weight excluding hydrogens is 335 g/mol. The molecule has 1 aromatic carbocycles. The fourth-order valence-corrected chi connectivity index (χ4v) is 2.27. The van der Waals surface area contributed by atoms with E-state index in [-0.39, 0.29) is 22.7 Å². The Morgan fingerprint density at radius 3 is 2.32 bits per heavy atom. The van der Waals surface area contributed by atoms with Crippen LogP contribution in [0.5, 0.6) is 5.75 Å². The Hall–Kier alpha value is -2.35. The lowest BCUT2D eigenvalue weighted by Gasteiger charge is -2.15. The van der Waals surface area contributed by atoms with Gasteiger partial charge in [0.25, 0.3) is 0 Å². The Morgan fingerprint density at radius 2 is 1.84 bits per heavy atom. The summed E-state index contributed by atoms with van der Waals surface area (Å²) in [5, 5.41) is 30.5. The molecule has 2 aromatic rings. The number of benzene rings is 1. The molecule has 0 fully saturated rings. The van der Waals surface area contributed by atoms with Gasteiger partial charge < -0.3 is 15.5 Å². The number of aryl methyl sites for hydroxylation is 1. The summed E-state index contributed by atoms with van der Waals surface area (Å²) in [6.45, 7) is 5.54. The Morgan fingerprint density at radius 1 is 1.16 bits per heavy atom. The van der Waals surface area contributed by atoms with Gasteiger partial charge in [0, 0.05) is 12.1 Å². The highest BCUT2D eigenvalue weighted by Gasteiger charge is 2.32. The molecule has 5 nitrogen and oxygen atoms in total. The minimum atomic E-state index is -4.53. The van der Waals surface area contributed by atoms with E-state index in [2.05, 4.69) is 15.5 Å². The van der Waals surface area contributed by atoms with Crippen LogP contribution in [0.4, 0.5) is 19.0 Å². The second-order valence-corrected chi connectivity index (χ2v) is 6.18. The first-order valence-corrected chi connectivity index (χ1v) is 7.76. The zero-order valence-corrected chi connectivity index (χ0v) is 14.1. The number of aromatic hydroxyl groups is 1. The van der Waals surface area contributed by atoms with Gasteiger partial charge in [-0.1, -0.05) is 13.8 Å². The van der Waals surface area contributed by atoms with Gasteiger partial charge in [-0.25, -0.2) is 0 Å². The van der Waals surface area contributed by atoms with E-state index in [9.17, 15) is 23.4 Å². The molecule has 1 heterocycles. The van der Waals surface area contributed by atoms with Crippen molar-refractivity contribution in [3.8, 4) is 17.0 Å². The number of aliphatic hydroxyl groups is 1. The summed E-state index contributed by atoms with van der Waals surface area (Å²) in [6.07, 6.45) is -5.07. The summed E-state index contributed by atoms with van der Waals surface area (Å²) >= 11 is 0. The van der Waals surface area contributed by atoms with E-state index in [1.54, 1.807) is 12.1 Å². The van der Waals surface area contributed by atoms with E-state index in [4.69, 9.17) is 0 Å². The predicted octanol–water partition coefficient (Wildman–Crippen LogP) is 3.61. The summed E-state index contributed by atoms with van der Waals surface area (Å²) in [5.74, 6) is 0.0107. The Balaban J connectivity index is 2.22. The van der Waals surface area contributed by atoms with Crippen molar-refractivity contribution in [2.45, 2.75) is 33.1 Å². The van der Waals surface area contributed by atoms with Crippen molar-refractivity contribution in [1.29, 1.82) is 0 Å². The lowest BCUT2D eigenvalue weighted by Crippen LogP contribution is -2.25. The van der Waals surface area contributed by atoms with Crippen molar-refractivity contribution in [1.82, 2.24) is 10.2 Å². The second-order valence-electron chi connectivity index (χ2n) is 6.18. The van der Waals surface area contributed by atoms with Crippen molar-refractivity contribution < 1.29 is 23.4 Å². The Labute approximate surface area is 143 Å². The van der Waals surface area contributed by atoms with Gasteiger partial charge in [-0.15, -0.1) is 10.2 Å². The number of alkyl halides is 3. The van der Waals surface area contributed by atoms with Crippen LogP contribution in [-0.2, 0) is 6.18 Å². The Bertz CT molecular complexity index is 708. The third-order valence-electron chi connectivity index (χ3n) is 3.82. The number of hydrogen-bond donors (Lipinski definition) is 3. The van der Waals surface area contributed by atoms with E-state index < -0.39 is 23.6 Å². The summed E-state index contributed by atoms with van der Waals surface area (Å²) in [6, 6.07) is 4.77. The second kappa shape index (κ2) is 7.26. The molecule has 1 atom stereocenters. The lowest BCUT2D eigenvalue weighted by molar-refractivity contribution is -0.137. The van der Waals surface area contributed by atoms with E-state index in [0.717, 1.165) is 6.07 Å². The van der Waals surface area contributed by atoms with Crippen LogP contribution in [0.3, 0.4) is 0 Å². The zero-order chi connectivity index (χ0) is 18.8. The number of halogens is 3. The number of nitrogens with one attached hydrogen (secondary N) is 1. The van der Waals surface area contributed by atoms with Crippen molar-refractivity contribution in [2.24, 2.45) is 5.92 Å². The molecule has 0 aliphatic carbocycles. The predicted molar refractivity (Wildman–Crippen MR) is 88.2 cm³/mol. The monoisotopic (exact) mass is 355 g/mol. The van der Waals surface area contributed by atoms with Crippen LogP contribution in [0.2, 0.25) is 0 Å². The highest BCUT2D eigenvalue weighted by Crippen LogP contribution is 2.38. The Kier molecular flexibility index (Phi) is 5.52. The third-order valence-corrected chi connectivity index (χ3v) is 3.82. The van der Waals surface area contributed by atoms with Gasteiger partial charge in [0.1, 0.15) is 11.6 Å². The van der Waals surface area contributed by atoms with Crippen molar-refractivity contribution >= 4 is 5.82 Å². The average Bonchev–Trinajstić information content (AvgIpc) is 2.52. The molecule has 136 valence electrons. The summed E-state index contributed by atoms with van der Waals surface area (Å²) in [5.41, 5.74) is -0.203. The van der Waals surface area contributed by atoms with Crippen LogP contribution in [0.25, 0.3) is 11.3 Å². The average molecular weight is 355 g/mol. The maximum Gasteiger partial charge on any atom is 0.416 e. The molecule has 1 unspecified atom stereocenters. The molecule has 25 heavy (non-hydrogen) atoms. The largest absolute Gasteiger partial charge is 0.507 e. The minimum absolute atomic E-state index is 0.0893. The normalized spacial score (nSPS) is 13.1. The van der Waals surface area contributed by atoms with Gasteiger partial charge >= 0.3 is 6.18 Å². The number of phenolic OH excluding ortho intramolecular Hbond substituents is 1. The standard InChI is InChI=1S/C17H20F3N3O2/c1-9(2)14(25)8-21-15-5-4-12(22-23-15)16-10(3)6-11(7-13(16)24)17(18,19)20/h4-7,9,14,24-25H,8H2,1-3H3,(H,21,23). The molecule has 0 saturated heterocycles. The summed E-state index contributed by atoms with van der Waals surface area (Å²) in [7, 11) is 0. The number of anilines is 1. The molecule has 0 radical (unpaired) electrons. The zero-order valence-electron chi connectivity index (χ0n) is 14.1. The molecule has 0 bridgehead atoms. The molecule has 0 aliphatic heterocycles. The fourth-order valence-electron chi connectivity index (χ4n) is 2.27. The van der Waals surface area contributed by atoms with Crippen molar-refractivity contribution in [3.63, 3.8) is 0 Å². The SMILES string of the molecule is Cc1cc(C(F)(F)F)cc(O)c1-c1ccc(NCC(O)C(C)C)nn1. The topological polar surface area (TPSA) is 78.3 Å². The number of aromatic nitrogens is 2. The smallest absolute Gasteiger partial charge is 0.416 e. The van der Waals surface area contributed by atoms with E-state index in [1.807, 2.05) is 13.8 Å². The first-order chi connectivity index (χ1) is 11.6. The molecule has 0 saturated carbocycles. The molecule has 8 heteroatoms. The number of aliphatic hydroxyl groups excluding tert-OH is 1. The van der Waals surface area contributed by atoms with Crippen LogP contribution in [0.1, 0.15) is 25.0 Å². The highest BCUT2D eigenvalue weighted by molar-refractivity contribution is 5.71. The van der Waals surface area contributed by atoms with Crippen LogP contribution >= 0.6 is 0 Å². The quantitative estimate of drug-likeness (QED) is 0.764. The number of rotatable bonds is 5. The molecule has 2 rings (SSSR count). The van der Waals surface area contributed by atoms with Gasteiger partial charge in [-0.2, -0.15) is 13.2 Å². The van der Waals surface area contributed by atoms with Crippen LogP contribution in [0, 0.1) is 12.8 Å². The lowest BCUT2D eigenvalue weighted by atomic mass is 10.0. The third kappa shape index (κ3) is 4.60. The molecule has 0 amide bonds. The number of nitrogens with zero attached hydrogens (tertiary/aromatic N) is 2. The number of phenols is 1. The van der Waals surface area contributed by atoms with Crippen molar-refractivity contribution in [2.75, 3.05) is 11.9 Å². The number of hydrogen-bond acceptors (Lipinski definition) is 5. The summed E-state index contributed by atoms with van der Waals surface area (Å²) < 4.78 is 38.3. The van der Waals surface area contributed by atoms with Gasteiger partial charge in [-0.3, -0.25) is 0 Å². The van der Waals surface area contributed by atoms with Crippen LogP contribution in [-0.4, -0.2) is 33.1 Å². The van der Waals surface area contributed by atoms with Gasteiger partial charge in [0.05, 0.1) is 17.4 Å². The molecular formula is C17H20F3N3O2. The van der Waals surface area contributed by atoms with Gasteiger partial charge in [0.2, 0.25) is 0 Å². The van der Waals surface area contributed by atoms with E-state index in [0.29, 0.717) is 18.4 Å². The van der Waals surface area contributed by atoms with Crippen molar-refractivity contribution in [3.05, 3.63) is 35.4 Å². The maximum atomic E-state index is 12.8. The highest BCUT2D eigenvalue weighted by atomic mass is 19.4. The van der Waals surface area contributed by atoms with Crippen LogP contribution < -0.4 is 5.32 Å².